The second kappa shape index (κ2) is 5.00. The molecule has 1 N–H and O–H groups in total. The van der Waals surface area contributed by atoms with Gasteiger partial charge in [-0.3, -0.25) is 0 Å². The zero-order chi connectivity index (χ0) is 14.9. The van der Waals surface area contributed by atoms with Crippen LogP contribution in [0.4, 0.5) is 0 Å². The van der Waals surface area contributed by atoms with Gasteiger partial charge in [0, 0.05) is 0 Å². The minimum absolute atomic E-state index is 0.00533. The fraction of sp³-hybridized carbons (Fsp3) is 0.333. The van der Waals surface area contributed by atoms with Gasteiger partial charge in [0.1, 0.15) is 12.0 Å². The highest BCUT2D eigenvalue weighted by Gasteiger charge is 2.17. The lowest BCUT2D eigenvalue weighted by molar-refractivity contribution is 0.0690. The van der Waals surface area contributed by atoms with Crippen molar-refractivity contribution in [3.05, 3.63) is 41.3 Å². The van der Waals surface area contributed by atoms with Gasteiger partial charge in [-0.15, -0.1) is 0 Å². The summed E-state index contributed by atoms with van der Waals surface area (Å²) in [5.41, 5.74) is 1.86. The Morgan fingerprint density at radius 3 is 2.60 bits per heavy atom. The van der Waals surface area contributed by atoms with Crippen LogP contribution in [0.2, 0.25) is 0 Å². The molecule has 5 heteroatoms. The lowest BCUT2D eigenvalue weighted by atomic mass is 9.86. The van der Waals surface area contributed by atoms with Gasteiger partial charge in [-0.1, -0.05) is 32.9 Å². The van der Waals surface area contributed by atoms with Crippen LogP contribution in [-0.4, -0.2) is 16.1 Å². The highest BCUT2D eigenvalue weighted by atomic mass is 16.6. The number of carboxylic acids is 1. The molecule has 0 unspecified atom stereocenters. The van der Waals surface area contributed by atoms with Crippen molar-refractivity contribution < 1.29 is 19.1 Å². The highest BCUT2D eigenvalue weighted by molar-refractivity contribution is 5.84. The summed E-state index contributed by atoms with van der Waals surface area (Å²) in [5.74, 6) is -0.542. The van der Waals surface area contributed by atoms with Crippen molar-refractivity contribution in [3.8, 4) is 11.8 Å². The van der Waals surface area contributed by atoms with E-state index in [4.69, 9.17) is 14.3 Å². The molecule has 1 aromatic carbocycles. The molecule has 0 aliphatic rings. The maximum Gasteiger partial charge on any atom is 0.399 e. The van der Waals surface area contributed by atoms with Gasteiger partial charge < -0.3 is 14.3 Å². The molecule has 1 heterocycles. The van der Waals surface area contributed by atoms with Crippen molar-refractivity contribution >= 4 is 5.97 Å². The molecule has 0 atom stereocenters. The summed E-state index contributed by atoms with van der Waals surface area (Å²) < 4.78 is 10.5. The van der Waals surface area contributed by atoms with Crippen LogP contribution in [0.1, 0.15) is 42.4 Å². The van der Waals surface area contributed by atoms with Crippen molar-refractivity contribution in [3.63, 3.8) is 0 Å². The van der Waals surface area contributed by atoms with E-state index in [2.05, 4.69) is 25.8 Å². The molecule has 0 saturated carbocycles. The molecule has 106 valence electrons. The Kier molecular flexibility index (Phi) is 3.53. The summed E-state index contributed by atoms with van der Waals surface area (Å²) in [6.07, 6.45) is 0.984. The van der Waals surface area contributed by atoms with E-state index >= 15 is 0 Å². The minimum atomic E-state index is -1.15. The van der Waals surface area contributed by atoms with Gasteiger partial charge in [-0.05, 0) is 29.5 Å². The molecular formula is C15H17NO4. The molecular weight excluding hydrogens is 258 g/mol. The number of rotatable bonds is 3. The van der Waals surface area contributed by atoms with E-state index in [0.29, 0.717) is 5.75 Å². The van der Waals surface area contributed by atoms with Crippen LogP contribution in [0.15, 0.2) is 28.9 Å². The van der Waals surface area contributed by atoms with Crippen molar-refractivity contribution in [2.45, 2.75) is 33.1 Å². The van der Waals surface area contributed by atoms with Crippen LogP contribution in [0.25, 0.3) is 0 Å². The first-order valence-electron chi connectivity index (χ1n) is 6.25. The first kappa shape index (κ1) is 14.1. The summed E-state index contributed by atoms with van der Waals surface area (Å²) in [6.45, 7) is 8.22. The number of hydrogen-bond acceptors (Lipinski definition) is 4. The van der Waals surface area contributed by atoms with Gasteiger partial charge in [0.05, 0.1) is 0 Å². The maximum absolute atomic E-state index is 10.7. The van der Waals surface area contributed by atoms with Crippen molar-refractivity contribution in [1.29, 1.82) is 0 Å². The third-order valence-electron chi connectivity index (χ3n) is 2.95. The Balaban J connectivity index is 2.30. The Hall–Kier alpha value is -2.30. The van der Waals surface area contributed by atoms with Gasteiger partial charge in [0.2, 0.25) is 0 Å². The van der Waals surface area contributed by atoms with Crippen molar-refractivity contribution in [2.24, 2.45) is 0 Å². The van der Waals surface area contributed by atoms with Gasteiger partial charge >= 0.3 is 12.0 Å². The van der Waals surface area contributed by atoms with E-state index in [1.807, 2.05) is 25.1 Å². The number of hydrogen-bond donors (Lipinski definition) is 1. The number of carboxylic acid groups (broad SMARTS) is 1. The molecule has 0 aliphatic carbocycles. The predicted molar refractivity (Wildman–Crippen MR) is 73.4 cm³/mol. The largest absolute Gasteiger partial charge is 0.476 e. The number of aromatic carboxylic acids is 1. The third-order valence-corrected chi connectivity index (χ3v) is 2.95. The summed E-state index contributed by atoms with van der Waals surface area (Å²) in [7, 11) is 0. The number of benzene rings is 1. The molecule has 5 nitrogen and oxygen atoms in total. The standard InChI is InChI=1S/C15H17NO4/c1-9-5-6-10(15(2,3)4)7-12(9)20-14-16-11(8-19-14)13(17)18/h5-8H,1-4H3,(H,17,18). The van der Waals surface area contributed by atoms with Crippen LogP contribution in [-0.2, 0) is 5.41 Å². The quantitative estimate of drug-likeness (QED) is 0.923. The number of nitrogens with zero attached hydrogens (tertiary/aromatic N) is 1. The van der Waals surface area contributed by atoms with E-state index in [9.17, 15) is 4.79 Å². The smallest absolute Gasteiger partial charge is 0.399 e. The molecule has 20 heavy (non-hydrogen) atoms. The molecule has 0 spiro atoms. The van der Waals surface area contributed by atoms with Crippen LogP contribution in [0.3, 0.4) is 0 Å². The SMILES string of the molecule is Cc1ccc(C(C)(C)C)cc1Oc1nc(C(=O)O)co1. The molecule has 2 aromatic rings. The van der Waals surface area contributed by atoms with Crippen LogP contribution < -0.4 is 4.74 Å². The van der Waals surface area contributed by atoms with E-state index in [1.54, 1.807) is 0 Å². The second-order valence-corrected chi connectivity index (χ2v) is 5.64. The fourth-order valence-electron chi connectivity index (χ4n) is 1.67. The Morgan fingerprint density at radius 1 is 1.35 bits per heavy atom. The molecule has 2 rings (SSSR count). The molecule has 1 aromatic heterocycles. The first-order valence-corrected chi connectivity index (χ1v) is 6.25. The van der Waals surface area contributed by atoms with E-state index in [0.717, 1.165) is 17.4 Å². The Morgan fingerprint density at radius 2 is 2.05 bits per heavy atom. The number of carbonyl (C=O) groups is 1. The number of oxazole rings is 1. The van der Waals surface area contributed by atoms with E-state index < -0.39 is 5.97 Å². The molecule has 0 saturated heterocycles. The number of ether oxygens (including phenoxy) is 1. The Labute approximate surface area is 117 Å². The van der Waals surface area contributed by atoms with E-state index in [1.165, 1.54) is 0 Å². The molecule has 0 amide bonds. The number of aromatic nitrogens is 1. The van der Waals surface area contributed by atoms with Gasteiger partial charge in [-0.2, -0.15) is 4.98 Å². The lowest BCUT2D eigenvalue weighted by Crippen LogP contribution is -2.11. The average molecular weight is 275 g/mol. The van der Waals surface area contributed by atoms with Crippen molar-refractivity contribution in [1.82, 2.24) is 4.98 Å². The fourth-order valence-corrected chi connectivity index (χ4v) is 1.67. The minimum Gasteiger partial charge on any atom is -0.476 e. The summed E-state index contributed by atoms with van der Waals surface area (Å²) in [5, 5.41) is 8.79. The van der Waals surface area contributed by atoms with Gasteiger partial charge in [0.15, 0.2) is 5.69 Å². The predicted octanol–water partition coefficient (Wildman–Crippen LogP) is 3.77. The zero-order valence-corrected chi connectivity index (χ0v) is 11.9. The Bertz CT molecular complexity index is 638. The topological polar surface area (TPSA) is 72.6 Å². The van der Waals surface area contributed by atoms with Gasteiger partial charge in [0.25, 0.3) is 0 Å². The van der Waals surface area contributed by atoms with Gasteiger partial charge in [-0.25, -0.2) is 4.79 Å². The summed E-state index contributed by atoms with van der Waals surface area (Å²) in [6, 6.07) is 5.91. The highest BCUT2D eigenvalue weighted by Crippen LogP contribution is 2.30. The zero-order valence-electron chi connectivity index (χ0n) is 11.9. The molecule has 0 radical (unpaired) electrons. The average Bonchev–Trinajstić information content (AvgIpc) is 2.79. The molecule has 0 fully saturated rings. The van der Waals surface area contributed by atoms with Crippen LogP contribution >= 0.6 is 0 Å². The van der Waals surface area contributed by atoms with Crippen LogP contribution in [0.5, 0.6) is 11.8 Å². The lowest BCUT2D eigenvalue weighted by Gasteiger charge is -2.20. The second-order valence-electron chi connectivity index (χ2n) is 5.64. The van der Waals surface area contributed by atoms with E-state index in [-0.39, 0.29) is 17.2 Å². The monoisotopic (exact) mass is 275 g/mol. The number of aryl methyl sites for hydroxylation is 1. The van der Waals surface area contributed by atoms with Crippen molar-refractivity contribution in [2.75, 3.05) is 0 Å². The first-order chi connectivity index (χ1) is 9.27. The third kappa shape index (κ3) is 2.99. The molecule has 0 bridgehead atoms. The normalized spacial score (nSPS) is 11.4. The maximum atomic E-state index is 10.7. The van der Waals surface area contributed by atoms with Crippen LogP contribution in [0, 0.1) is 6.92 Å². The summed E-state index contributed by atoms with van der Waals surface area (Å²) >= 11 is 0. The molecule has 0 aliphatic heterocycles. The summed E-state index contributed by atoms with van der Waals surface area (Å²) in [4.78, 5) is 14.5.